The molecule has 0 bridgehead atoms. The van der Waals surface area contributed by atoms with Crippen molar-refractivity contribution in [3.8, 4) is 0 Å². The lowest BCUT2D eigenvalue weighted by Crippen LogP contribution is -2.32. The lowest BCUT2D eigenvalue weighted by atomic mass is 9.92. The van der Waals surface area contributed by atoms with Gasteiger partial charge >= 0.3 is 0 Å². The number of sulfonamides is 1. The molecule has 1 fully saturated rings. The first-order chi connectivity index (χ1) is 11.8. The Labute approximate surface area is 149 Å². The smallest absolute Gasteiger partial charge is 0.251 e. The van der Waals surface area contributed by atoms with E-state index in [0.717, 1.165) is 17.1 Å². The molecule has 1 saturated heterocycles. The number of nitrogens with one attached hydrogen (secondary N) is 1. The van der Waals surface area contributed by atoms with Crippen molar-refractivity contribution in [1.29, 1.82) is 0 Å². The quantitative estimate of drug-likeness (QED) is 0.742. The van der Waals surface area contributed by atoms with Gasteiger partial charge in [-0.2, -0.15) is 0 Å². The van der Waals surface area contributed by atoms with E-state index < -0.39 is 16.1 Å². The van der Waals surface area contributed by atoms with Crippen LogP contribution in [0, 0.1) is 5.92 Å². The molecule has 0 spiro atoms. The average molecular weight is 370 g/mol. The Hall–Kier alpha value is -1.48. The molecular weight excluding hydrogens is 344 g/mol. The van der Waals surface area contributed by atoms with Crippen LogP contribution in [0.1, 0.15) is 29.6 Å². The molecule has 0 unspecified atom stereocenters. The first-order valence-electron chi connectivity index (χ1n) is 8.39. The maximum absolute atomic E-state index is 12.1. The largest absolute Gasteiger partial charge is 0.393 e. The summed E-state index contributed by atoms with van der Waals surface area (Å²) in [6.07, 6.45) is 1.73. The summed E-state index contributed by atoms with van der Waals surface area (Å²) in [6.45, 7) is 1.72. The van der Waals surface area contributed by atoms with Gasteiger partial charge in [-0.1, -0.05) is 0 Å². The van der Waals surface area contributed by atoms with E-state index in [1.807, 2.05) is 0 Å². The molecule has 140 valence electrons. The number of hydrogen-bond donors (Lipinski definition) is 2. The summed E-state index contributed by atoms with van der Waals surface area (Å²) < 4.78 is 30.4. The van der Waals surface area contributed by atoms with Crippen molar-refractivity contribution in [3.63, 3.8) is 0 Å². The van der Waals surface area contributed by atoms with Crippen molar-refractivity contribution in [2.75, 3.05) is 33.9 Å². The third-order valence-corrected chi connectivity index (χ3v) is 6.26. The molecule has 2 N–H and O–H groups in total. The first-order valence-corrected chi connectivity index (χ1v) is 9.83. The van der Waals surface area contributed by atoms with Crippen LogP contribution in [-0.4, -0.2) is 63.7 Å². The number of carbonyl (C=O) groups is 1. The zero-order chi connectivity index (χ0) is 18.4. The lowest BCUT2D eigenvalue weighted by Gasteiger charge is -2.26. The number of carbonyl (C=O) groups excluding carboxylic acids is 1. The van der Waals surface area contributed by atoms with E-state index in [1.165, 1.54) is 38.4 Å². The summed E-state index contributed by atoms with van der Waals surface area (Å²) >= 11 is 0. The van der Waals surface area contributed by atoms with Gasteiger partial charge in [0.1, 0.15) is 0 Å². The van der Waals surface area contributed by atoms with Gasteiger partial charge in [0.15, 0.2) is 0 Å². The number of amides is 1. The standard InChI is InChI=1S/C17H26N2O5S/c1-19(2)25(22,23)15-5-3-14(4-6-15)17(21)18-10-7-16(20)13-8-11-24-12-9-13/h3-6,13,16,20H,7-12H2,1-2H3,(H,18,21)/t16-/m0/s1. The molecule has 0 aromatic heterocycles. The Morgan fingerprint density at radius 1 is 1.28 bits per heavy atom. The molecule has 1 aliphatic heterocycles. The molecule has 1 atom stereocenters. The molecule has 0 saturated carbocycles. The van der Waals surface area contributed by atoms with E-state index in [4.69, 9.17) is 4.74 Å². The van der Waals surface area contributed by atoms with E-state index in [0.29, 0.717) is 31.7 Å². The minimum absolute atomic E-state index is 0.143. The average Bonchev–Trinajstić information content (AvgIpc) is 2.62. The first kappa shape index (κ1) is 19.8. The van der Waals surface area contributed by atoms with Crippen LogP contribution >= 0.6 is 0 Å². The number of aliphatic hydroxyl groups excluding tert-OH is 1. The summed E-state index contributed by atoms with van der Waals surface area (Å²) in [6, 6.07) is 5.81. The zero-order valence-electron chi connectivity index (χ0n) is 14.6. The Morgan fingerprint density at radius 2 is 1.88 bits per heavy atom. The molecule has 0 aliphatic carbocycles. The monoisotopic (exact) mass is 370 g/mol. The van der Waals surface area contributed by atoms with Gasteiger partial charge in [0.05, 0.1) is 11.0 Å². The van der Waals surface area contributed by atoms with Crippen LogP contribution in [0.3, 0.4) is 0 Å². The molecule has 1 aromatic carbocycles. The van der Waals surface area contributed by atoms with Gasteiger partial charge in [-0.3, -0.25) is 4.79 Å². The molecule has 1 aliphatic rings. The van der Waals surface area contributed by atoms with Gasteiger partial charge in [-0.25, -0.2) is 12.7 Å². The topological polar surface area (TPSA) is 95.9 Å². The molecular formula is C17H26N2O5S. The fourth-order valence-corrected chi connectivity index (χ4v) is 3.66. The molecule has 8 heteroatoms. The van der Waals surface area contributed by atoms with Crippen LogP contribution in [0.2, 0.25) is 0 Å². The van der Waals surface area contributed by atoms with Crippen LogP contribution in [-0.2, 0) is 14.8 Å². The summed E-state index contributed by atoms with van der Waals surface area (Å²) in [5.41, 5.74) is 0.387. The normalized spacial score (nSPS) is 17.4. The van der Waals surface area contributed by atoms with Crippen molar-refractivity contribution in [3.05, 3.63) is 29.8 Å². The van der Waals surface area contributed by atoms with E-state index >= 15 is 0 Å². The second-order valence-corrected chi connectivity index (χ2v) is 8.53. The molecule has 25 heavy (non-hydrogen) atoms. The summed E-state index contributed by atoms with van der Waals surface area (Å²) in [5.74, 6) is -0.0610. The molecule has 2 rings (SSSR count). The van der Waals surface area contributed by atoms with Crippen LogP contribution < -0.4 is 5.32 Å². The van der Waals surface area contributed by atoms with Gasteiger partial charge in [0.2, 0.25) is 10.0 Å². The Balaban J connectivity index is 1.84. The van der Waals surface area contributed by atoms with E-state index in [2.05, 4.69) is 5.32 Å². The second kappa shape index (κ2) is 8.75. The number of ether oxygens (including phenoxy) is 1. The minimum atomic E-state index is -3.50. The Bertz CT molecular complexity index is 667. The Morgan fingerprint density at radius 3 is 2.44 bits per heavy atom. The molecule has 0 radical (unpaired) electrons. The Kier molecular flexibility index (Phi) is 6.95. The maximum Gasteiger partial charge on any atom is 0.251 e. The van der Waals surface area contributed by atoms with Crippen molar-refractivity contribution >= 4 is 15.9 Å². The molecule has 1 amide bonds. The number of rotatable bonds is 7. The van der Waals surface area contributed by atoms with Gasteiger partial charge in [0, 0.05) is 39.4 Å². The molecule has 1 heterocycles. The SMILES string of the molecule is CN(C)S(=O)(=O)c1ccc(C(=O)NCC[C@H](O)C2CCOCC2)cc1. The summed E-state index contributed by atoms with van der Waals surface area (Å²) in [4.78, 5) is 12.3. The predicted molar refractivity (Wildman–Crippen MR) is 93.8 cm³/mol. The highest BCUT2D eigenvalue weighted by Crippen LogP contribution is 2.20. The number of aliphatic hydroxyl groups is 1. The van der Waals surface area contributed by atoms with Crippen LogP contribution in [0.5, 0.6) is 0 Å². The number of hydrogen-bond acceptors (Lipinski definition) is 5. The zero-order valence-corrected chi connectivity index (χ0v) is 15.5. The maximum atomic E-state index is 12.1. The van der Waals surface area contributed by atoms with Crippen molar-refractivity contribution in [1.82, 2.24) is 9.62 Å². The van der Waals surface area contributed by atoms with Gasteiger partial charge in [0.25, 0.3) is 5.91 Å². The highest BCUT2D eigenvalue weighted by molar-refractivity contribution is 7.89. The van der Waals surface area contributed by atoms with Crippen molar-refractivity contribution in [2.45, 2.75) is 30.3 Å². The lowest BCUT2D eigenvalue weighted by molar-refractivity contribution is 0.00528. The predicted octanol–water partition coefficient (Wildman–Crippen LogP) is 0.844. The molecule has 7 nitrogen and oxygen atoms in total. The van der Waals surface area contributed by atoms with Crippen molar-refractivity contribution in [2.24, 2.45) is 5.92 Å². The third kappa shape index (κ3) is 5.24. The number of nitrogens with zero attached hydrogens (tertiary/aromatic N) is 1. The van der Waals surface area contributed by atoms with Gasteiger partial charge < -0.3 is 15.2 Å². The van der Waals surface area contributed by atoms with E-state index in [1.54, 1.807) is 0 Å². The fraction of sp³-hybridized carbons (Fsp3) is 0.588. The van der Waals surface area contributed by atoms with Crippen LogP contribution in [0.4, 0.5) is 0 Å². The van der Waals surface area contributed by atoms with Gasteiger partial charge in [-0.15, -0.1) is 0 Å². The highest BCUT2D eigenvalue weighted by Gasteiger charge is 2.22. The fourth-order valence-electron chi connectivity index (χ4n) is 2.76. The van der Waals surface area contributed by atoms with Crippen molar-refractivity contribution < 1.29 is 23.1 Å². The third-order valence-electron chi connectivity index (χ3n) is 4.43. The second-order valence-electron chi connectivity index (χ2n) is 6.37. The van der Waals surface area contributed by atoms with E-state index in [9.17, 15) is 18.3 Å². The van der Waals surface area contributed by atoms with Crippen LogP contribution in [0.25, 0.3) is 0 Å². The summed E-state index contributed by atoms with van der Waals surface area (Å²) in [7, 11) is -0.586. The van der Waals surface area contributed by atoms with E-state index in [-0.39, 0.29) is 16.7 Å². The van der Waals surface area contributed by atoms with Crippen LogP contribution in [0.15, 0.2) is 29.2 Å². The van der Waals surface area contributed by atoms with Gasteiger partial charge in [-0.05, 0) is 49.4 Å². The summed E-state index contributed by atoms with van der Waals surface area (Å²) in [5, 5.41) is 12.9. The highest BCUT2D eigenvalue weighted by atomic mass is 32.2. The minimum Gasteiger partial charge on any atom is -0.393 e. The number of benzene rings is 1. The molecule has 1 aromatic rings.